The fourth-order valence-corrected chi connectivity index (χ4v) is 3.74. The lowest BCUT2D eigenvalue weighted by atomic mass is 10.4. The van der Waals surface area contributed by atoms with Crippen LogP contribution in [0.3, 0.4) is 0 Å². The number of sulfonamides is 1. The van der Waals surface area contributed by atoms with E-state index in [-0.39, 0.29) is 29.7 Å². The number of terminal acetylenes is 1. The van der Waals surface area contributed by atoms with Crippen LogP contribution in [0.25, 0.3) is 0 Å². The van der Waals surface area contributed by atoms with Crippen molar-refractivity contribution >= 4 is 40.0 Å². The summed E-state index contributed by atoms with van der Waals surface area (Å²) in [6, 6.07) is 1.56. The highest BCUT2D eigenvalue weighted by Crippen LogP contribution is 2.12. The molecule has 1 aromatic rings. The van der Waals surface area contributed by atoms with Crippen molar-refractivity contribution in [1.29, 1.82) is 0 Å². The third-order valence-electron chi connectivity index (χ3n) is 3.41. The van der Waals surface area contributed by atoms with Gasteiger partial charge in [0.05, 0.1) is 5.69 Å². The molecule has 0 spiro atoms. The Morgan fingerprint density at radius 3 is 2.71 bits per heavy atom. The Hall–Kier alpha value is -1.32. The molecule has 1 aliphatic rings. The van der Waals surface area contributed by atoms with Crippen molar-refractivity contribution in [3.05, 3.63) is 18.0 Å². The number of hydrogen-bond acceptors (Lipinski definition) is 5. The van der Waals surface area contributed by atoms with Crippen molar-refractivity contribution in [2.45, 2.75) is 12.7 Å². The topological polar surface area (TPSA) is 91.0 Å². The normalized spacial score (nSPS) is 16.3. The number of nitrogens with zero attached hydrogens (tertiary/aromatic N) is 4. The molecule has 1 saturated heterocycles. The van der Waals surface area contributed by atoms with Gasteiger partial charge >= 0.3 is 0 Å². The second-order valence-electron chi connectivity index (χ2n) is 5.01. The van der Waals surface area contributed by atoms with E-state index in [0.717, 1.165) is 12.5 Å². The standard InChI is InChI=1S/C14H21N5O3S.HI/c1-3-6-16-14(15-4-2)18-7-9-19(10-8-18)23(20,21)12-13-5-11-22-17-13;/h1,5,11H,4,6-10,12H2,2H3,(H,15,16);1H. The van der Waals surface area contributed by atoms with Crippen molar-refractivity contribution in [2.24, 2.45) is 4.99 Å². The highest BCUT2D eigenvalue weighted by molar-refractivity contribution is 14.0. The number of nitrogens with one attached hydrogen (secondary N) is 1. The molecule has 0 radical (unpaired) electrons. The molecule has 134 valence electrons. The Labute approximate surface area is 159 Å². The molecule has 1 N–H and O–H groups in total. The quantitative estimate of drug-likeness (QED) is 0.291. The third kappa shape index (κ3) is 5.64. The lowest BCUT2D eigenvalue weighted by Gasteiger charge is -2.35. The first kappa shape index (κ1) is 20.7. The van der Waals surface area contributed by atoms with Crippen LogP contribution in [-0.2, 0) is 15.8 Å². The zero-order valence-corrected chi connectivity index (χ0v) is 16.7. The smallest absolute Gasteiger partial charge is 0.220 e. The second kappa shape index (κ2) is 9.85. The Morgan fingerprint density at radius 2 is 2.17 bits per heavy atom. The predicted molar refractivity (Wildman–Crippen MR) is 102 cm³/mol. The van der Waals surface area contributed by atoms with Gasteiger partial charge in [0, 0.05) is 38.8 Å². The van der Waals surface area contributed by atoms with E-state index in [9.17, 15) is 8.42 Å². The van der Waals surface area contributed by atoms with Gasteiger partial charge in [0.2, 0.25) is 10.0 Å². The molecule has 10 heteroatoms. The summed E-state index contributed by atoms with van der Waals surface area (Å²) in [5.74, 6) is 3.05. The van der Waals surface area contributed by atoms with Gasteiger partial charge in [-0.2, -0.15) is 4.31 Å². The fraction of sp³-hybridized carbons (Fsp3) is 0.571. The van der Waals surface area contributed by atoms with Crippen LogP contribution in [0.5, 0.6) is 0 Å². The maximum absolute atomic E-state index is 12.4. The Morgan fingerprint density at radius 1 is 1.46 bits per heavy atom. The van der Waals surface area contributed by atoms with Gasteiger partial charge in [-0.15, -0.1) is 30.4 Å². The average molecular weight is 467 g/mol. The molecule has 1 fully saturated rings. The van der Waals surface area contributed by atoms with Gasteiger partial charge in [-0.05, 0) is 6.92 Å². The molecule has 8 nitrogen and oxygen atoms in total. The SMILES string of the molecule is C#CCN=C(NCC)N1CCN(S(=O)(=O)Cc2ccon2)CC1.I. The molecule has 0 amide bonds. The number of aromatic nitrogens is 1. The lowest BCUT2D eigenvalue weighted by Crippen LogP contribution is -2.53. The monoisotopic (exact) mass is 467 g/mol. The summed E-state index contributed by atoms with van der Waals surface area (Å²) in [5, 5.41) is 6.83. The van der Waals surface area contributed by atoms with Gasteiger partial charge in [0.25, 0.3) is 0 Å². The zero-order chi connectivity index (χ0) is 16.7. The molecule has 0 atom stereocenters. The Bertz CT molecular complexity index is 661. The number of hydrogen-bond donors (Lipinski definition) is 1. The van der Waals surface area contributed by atoms with E-state index in [4.69, 9.17) is 6.42 Å². The van der Waals surface area contributed by atoms with E-state index in [0.29, 0.717) is 38.4 Å². The van der Waals surface area contributed by atoms with E-state index in [2.05, 4.69) is 25.9 Å². The van der Waals surface area contributed by atoms with Crippen LogP contribution in [-0.4, -0.2) is 68.0 Å². The average Bonchev–Trinajstić information content (AvgIpc) is 3.04. The summed E-state index contributed by atoms with van der Waals surface area (Å²) in [5.41, 5.74) is 0.413. The van der Waals surface area contributed by atoms with Gasteiger partial charge in [0.1, 0.15) is 18.6 Å². The molecule has 0 aliphatic carbocycles. The number of halogens is 1. The molecular weight excluding hydrogens is 445 g/mol. The molecule has 2 heterocycles. The maximum atomic E-state index is 12.4. The molecule has 24 heavy (non-hydrogen) atoms. The van der Waals surface area contributed by atoms with E-state index >= 15 is 0 Å². The number of aliphatic imine (C=N–C) groups is 1. The first-order valence-electron chi connectivity index (χ1n) is 7.40. The van der Waals surface area contributed by atoms with E-state index in [1.807, 2.05) is 11.8 Å². The third-order valence-corrected chi connectivity index (χ3v) is 5.22. The van der Waals surface area contributed by atoms with Gasteiger partial charge in [-0.3, -0.25) is 0 Å². The van der Waals surface area contributed by atoms with Crippen LogP contribution in [0.4, 0.5) is 0 Å². The zero-order valence-electron chi connectivity index (χ0n) is 13.5. The highest BCUT2D eigenvalue weighted by Gasteiger charge is 2.28. The fourth-order valence-electron chi connectivity index (χ4n) is 2.31. The van der Waals surface area contributed by atoms with Gasteiger partial charge in [-0.1, -0.05) is 11.1 Å². The summed E-state index contributed by atoms with van der Waals surface area (Å²) in [7, 11) is -3.39. The number of rotatable bonds is 5. The molecule has 0 unspecified atom stereocenters. The molecule has 0 bridgehead atoms. The predicted octanol–water partition coefficient (Wildman–Crippen LogP) is 0.339. The highest BCUT2D eigenvalue weighted by atomic mass is 127. The molecular formula is C14H22IN5O3S. The van der Waals surface area contributed by atoms with Crippen LogP contribution in [0.1, 0.15) is 12.6 Å². The van der Waals surface area contributed by atoms with Crippen molar-refractivity contribution in [3.8, 4) is 12.3 Å². The summed E-state index contributed by atoms with van der Waals surface area (Å²) in [6.45, 7) is 4.94. The second-order valence-corrected chi connectivity index (χ2v) is 6.98. The first-order valence-corrected chi connectivity index (χ1v) is 9.01. The van der Waals surface area contributed by atoms with Crippen LogP contribution in [0.15, 0.2) is 21.8 Å². The van der Waals surface area contributed by atoms with E-state index in [1.165, 1.54) is 10.6 Å². The molecule has 1 aromatic heterocycles. The van der Waals surface area contributed by atoms with Crippen LogP contribution >= 0.6 is 24.0 Å². The summed E-state index contributed by atoms with van der Waals surface area (Å²) in [6.07, 6.45) is 6.61. The summed E-state index contributed by atoms with van der Waals surface area (Å²) < 4.78 is 30.9. The summed E-state index contributed by atoms with van der Waals surface area (Å²) >= 11 is 0. The lowest BCUT2D eigenvalue weighted by molar-refractivity contribution is 0.260. The molecule has 1 aliphatic heterocycles. The van der Waals surface area contributed by atoms with Gasteiger partial charge in [-0.25, -0.2) is 13.4 Å². The largest absolute Gasteiger partial charge is 0.364 e. The van der Waals surface area contributed by atoms with Crippen molar-refractivity contribution in [3.63, 3.8) is 0 Å². The van der Waals surface area contributed by atoms with Crippen molar-refractivity contribution < 1.29 is 12.9 Å². The molecule has 0 aromatic carbocycles. The molecule has 2 rings (SSSR count). The van der Waals surface area contributed by atoms with Gasteiger partial charge < -0.3 is 14.7 Å². The Kier molecular flexibility index (Phi) is 8.51. The molecule has 0 saturated carbocycles. The van der Waals surface area contributed by atoms with E-state index in [1.54, 1.807) is 6.07 Å². The summed E-state index contributed by atoms with van der Waals surface area (Å²) in [4.78, 5) is 6.33. The Balaban J connectivity index is 0.00000288. The minimum Gasteiger partial charge on any atom is -0.364 e. The van der Waals surface area contributed by atoms with Crippen molar-refractivity contribution in [2.75, 3.05) is 39.3 Å². The maximum Gasteiger partial charge on any atom is 0.220 e. The van der Waals surface area contributed by atoms with Crippen molar-refractivity contribution in [1.82, 2.24) is 19.7 Å². The minimum atomic E-state index is -3.39. The van der Waals surface area contributed by atoms with Crippen LogP contribution < -0.4 is 5.32 Å². The van der Waals surface area contributed by atoms with Crippen LogP contribution in [0, 0.1) is 12.3 Å². The number of guanidine groups is 1. The first-order chi connectivity index (χ1) is 11.1. The minimum absolute atomic E-state index is 0. The van der Waals surface area contributed by atoms with Gasteiger partial charge in [0.15, 0.2) is 5.96 Å². The number of piperazine rings is 1. The van der Waals surface area contributed by atoms with E-state index < -0.39 is 10.0 Å². The van der Waals surface area contributed by atoms with Crippen LogP contribution in [0.2, 0.25) is 0 Å².